The number of carbonyl (C=O) groups is 1. The summed E-state index contributed by atoms with van der Waals surface area (Å²) in [5, 5.41) is 12.5. The number of thiazole rings is 1. The molecule has 0 spiro atoms. The van der Waals surface area contributed by atoms with Gasteiger partial charge in [-0.1, -0.05) is 35.9 Å². The number of hydrogen-bond acceptors (Lipinski definition) is 6. The molecule has 0 aliphatic rings. The van der Waals surface area contributed by atoms with Gasteiger partial charge in [0.2, 0.25) is 0 Å². The second-order valence-electron chi connectivity index (χ2n) is 5.67. The predicted molar refractivity (Wildman–Crippen MR) is 109 cm³/mol. The normalized spacial score (nSPS) is 11.0. The minimum Gasteiger partial charge on any atom is -0.497 e. The Bertz CT molecular complexity index is 1030. The van der Waals surface area contributed by atoms with Crippen molar-refractivity contribution in [1.82, 2.24) is 4.98 Å². The van der Waals surface area contributed by atoms with Gasteiger partial charge in [-0.3, -0.25) is 0 Å². The van der Waals surface area contributed by atoms with E-state index in [1.807, 2.05) is 23.6 Å². The topological polar surface area (TPSA) is 72.2 Å². The number of halogens is 1. The molecule has 0 amide bonds. The van der Waals surface area contributed by atoms with Crippen molar-refractivity contribution in [1.29, 1.82) is 5.26 Å². The van der Waals surface area contributed by atoms with Gasteiger partial charge in [-0.25, -0.2) is 9.78 Å². The molecule has 0 unspecified atom stereocenters. The molecule has 3 rings (SSSR count). The van der Waals surface area contributed by atoms with Crippen molar-refractivity contribution in [3.8, 4) is 22.4 Å². The van der Waals surface area contributed by atoms with Crippen molar-refractivity contribution in [2.75, 3.05) is 7.11 Å². The standard InChI is InChI=1S/C21H15ClN2O3S/c1-26-19-8-2-14(3-9-19)10-16(11-23)21(25)27-12-18-13-28-20(24-18)15-4-6-17(22)7-5-15/h2-10,13H,12H2,1H3/b16-10+. The molecule has 140 valence electrons. The van der Waals surface area contributed by atoms with Crippen LogP contribution in [0.15, 0.2) is 59.5 Å². The molecule has 0 bridgehead atoms. The van der Waals surface area contributed by atoms with Gasteiger partial charge in [-0.2, -0.15) is 5.26 Å². The van der Waals surface area contributed by atoms with Crippen molar-refractivity contribution in [3.63, 3.8) is 0 Å². The smallest absolute Gasteiger partial charge is 0.349 e. The fourth-order valence-electron chi connectivity index (χ4n) is 2.32. The lowest BCUT2D eigenvalue weighted by Crippen LogP contribution is -2.07. The van der Waals surface area contributed by atoms with Gasteiger partial charge in [-0.05, 0) is 35.9 Å². The van der Waals surface area contributed by atoms with E-state index >= 15 is 0 Å². The zero-order chi connectivity index (χ0) is 19.9. The van der Waals surface area contributed by atoms with Gasteiger partial charge in [0, 0.05) is 16.0 Å². The maximum atomic E-state index is 12.2. The monoisotopic (exact) mass is 410 g/mol. The Balaban J connectivity index is 1.64. The molecule has 0 saturated heterocycles. The first-order chi connectivity index (χ1) is 13.6. The highest BCUT2D eigenvalue weighted by molar-refractivity contribution is 7.13. The van der Waals surface area contributed by atoms with Crippen LogP contribution in [-0.4, -0.2) is 18.1 Å². The Kier molecular flexibility index (Phi) is 6.43. The van der Waals surface area contributed by atoms with E-state index in [1.165, 1.54) is 17.4 Å². The summed E-state index contributed by atoms with van der Waals surface area (Å²) in [5.41, 5.74) is 2.17. The van der Waals surface area contributed by atoms with Gasteiger partial charge in [-0.15, -0.1) is 11.3 Å². The van der Waals surface area contributed by atoms with Crippen LogP contribution in [0.1, 0.15) is 11.3 Å². The third-order valence-electron chi connectivity index (χ3n) is 3.76. The fourth-order valence-corrected chi connectivity index (χ4v) is 3.26. The summed E-state index contributed by atoms with van der Waals surface area (Å²) >= 11 is 7.34. The van der Waals surface area contributed by atoms with Crippen LogP contribution in [0.5, 0.6) is 5.75 Å². The lowest BCUT2D eigenvalue weighted by atomic mass is 10.1. The van der Waals surface area contributed by atoms with Crippen LogP contribution in [-0.2, 0) is 16.1 Å². The number of hydrogen-bond donors (Lipinski definition) is 0. The quantitative estimate of drug-likeness (QED) is 0.320. The van der Waals surface area contributed by atoms with E-state index in [0.717, 1.165) is 10.6 Å². The highest BCUT2D eigenvalue weighted by Gasteiger charge is 2.13. The molecule has 0 N–H and O–H groups in total. The molecule has 0 atom stereocenters. The lowest BCUT2D eigenvalue weighted by Gasteiger charge is -2.03. The molecule has 0 saturated carbocycles. The Morgan fingerprint density at radius 1 is 1.21 bits per heavy atom. The lowest BCUT2D eigenvalue weighted by molar-refractivity contribution is -0.139. The summed E-state index contributed by atoms with van der Waals surface area (Å²) in [6, 6.07) is 16.2. The highest BCUT2D eigenvalue weighted by atomic mass is 35.5. The minimum absolute atomic E-state index is 0.00937. The predicted octanol–water partition coefficient (Wildman–Crippen LogP) is 5.12. The fraction of sp³-hybridized carbons (Fsp3) is 0.0952. The molecule has 0 radical (unpaired) electrons. The first kappa shape index (κ1) is 19.6. The zero-order valence-electron chi connectivity index (χ0n) is 14.9. The summed E-state index contributed by atoms with van der Waals surface area (Å²) in [6.07, 6.45) is 1.47. The van der Waals surface area contributed by atoms with E-state index in [2.05, 4.69) is 4.98 Å². The highest BCUT2D eigenvalue weighted by Crippen LogP contribution is 2.25. The molecule has 1 aromatic heterocycles. The zero-order valence-corrected chi connectivity index (χ0v) is 16.5. The van der Waals surface area contributed by atoms with Gasteiger partial charge >= 0.3 is 5.97 Å². The molecule has 1 heterocycles. The first-order valence-electron chi connectivity index (χ1n) is 8.22. The number of rotatable bonds is 6. The number of aromatic nitrogens is 1. The third-order valence-corrected chi connectivity index (χ3v) is 4.95. The first-order valence-corrected chi connectivity index (χ1v) is 9.48. The van der Waals surface area contributed by atoms with E-state index in [0.29, 0.717) is 22.0 Å². The van der Waals surface area contributed by atoms with Crippen molar-refractivity contribution >= 4 is 35.0 Å². The molecule has 3 aromatic rings. The van der Waals surface area contributed by atoms with Gasteiger partial charge in [0.05, 0.1) is 12.8 Å². The van der Waals surface area contributed by atoms with E-state index < -0.39 is 5.97 Å². The molecule has 2 aromatic carbocycles. The van der Waals surface area contributed by atoms with Crippen LogP contribution < -0.4 is 4.74 Å². The van der Waals surface area contributed by atoms with Crippen molar-refractivity contribution in [3.05, 3.63) is 75.8 Å². The van der Waals surface area contributed by atoms with Crippen molar-refractivity contribution in [2.24, 2.45) is 0 Å². The van der Waals surface area contributed by atoms with Crippen LogP contribution in [0, 0.1) is 11.3 Å². The van der Waals surface area contributed by atoms with Crippen molar-refractivity contribution < 1.29 is 14.3 Å². The van der Waals surface area contributed by atoms with E-state index in [9.17, 15) is 10.1 Å². The summed E-state index contributed by atoms with van der Waals surface area (Å²) in [5.74, 6) is -0.00220. The summed E-state index contributed by atoms with van der Waals surface area (Å²) < 4.78 is 10.3. The molecule has 7 heteroatoms. The van der Waals surface area contributed by atoms with Crippen LogP contribution in [0.25, 0.3) is 16.6 Å². The number of nitrogens with zero attached hydrogens (tertiary/aromatic N) is 2. The molecule has 5 nitrogen and oxygen atoms in total. The average molecular weight is 411 g/mol. The molecule has 0 aliphatic heterocycles. The van der Waals surface area contributed by atoms with Gasteiger partial charge in [0.25, 0.3) is 0 Å². The second kappa shape index (κ2) is 9.18. The van der Waals surface area contributed by atoms with Crippen LogP contribution in [0.2, 0.25) is 5.02 Å². The number of benzene rings is 2. The maximum absolute atomic E-state index is 12.2. The number of esters is 1. The Morgan fingerprint density at radius 2 is 1.93 bits per heavy atom. The Labute approximate surface area is 171 Å². The number of methoxy groups -OCH3 is 1. The largest absolute Gasteiger partial charge is 0.497 e. The Morgan fingerprint density at radius 3 is 2.57 bits per heavy atom. The maximum Gasteiger partial charge on any atom is 0.349 e. The van der Waals surface area contributed by atoms with E-state index in [4.69, 9.17) is 21.1 Å². The third kappa shape index (κ3) is 4.97. The van der Waals surface area contributed by atoms with Gasteiger partial charge in [0.1, 0.15) is 29.0 Å². The van der Waals surface area contributed by atoms with Crippen molar-refractivity contribution in [2.45, 2.75) is 6.61 Å². The minimum atomic E-state index is -0.695. The van der Waals surface area contributed by atoms with Crippen LogP contribution >= 0.6 is 22.9 Å². The van der Waals surface area contributed by atoms with Gasteiger partial charge < -0.3 is 9.47 Å². The summed E-state index contributed by atoms with van der Waals surface area (Å²) in [6.45, 7) is -0.00937. The van der Waals surface area contributed by atoms with Gasteiger partial charge in [0.15, 0.2) is 0 Å². The average Bonchev–Trinajstić information content (AvgIpc) is 3.20. The van der Waals surface area contributed by atoms with Crippen LogP contribution in [0.3, 0.4) is 0 Å². The Hall–Kier alpha value is -3.14. The molecular weight excluding hydrogens is 396 g/mol. The molecule has 0 aliphatic carbocycles. The molecular formula is C21H15ClN2O3S. The van der Waals surface area contributed by atoms with E-state index in [1.54, 1.807) is 43.5 Å². The van der Waals surface area contributed by atoms with E-state index in [-0.39, 0.29) is 12.2 Å². The van der Waals surface area contributed by atoms with Crippen LogP contribution in [0.4, 0.5) is 0 Å². The molecule has 0 fully saturated rings. The summed E-state index contributed by atoms with van der Waals surface area (Å²) in [4.78, 5) is 16.7. The molecule has 28 heavy (non-hydrogen) atoms. The summed E-state index contributed by atoms with van der Waals surface area (Å²) in [7, 11) is 1.57. The second-order valence-corrected chi connectivity index (χ2v) is 6.96. The number of carbonyl (C=O) groups excluding carboxylic acids is 1. The SMILES string of the molecule is COc1ccc(/C=C(\C#N)C(=O)OCc2csc(-c3ccc(Cl)cc3)n2)cc1. The number of ether oxygens (including phenoxy) is 2. The number of nitriles is 1.